The average Bonchev–Trinajstić information content (AvgIpc) is 2.75. The number of aliphatic carboxylic acids is 1. The van der Waals surface area contributed by atoms with Crippen molar-refractivity contribution in [2.75, 3.05) is 20.3 Å². The van der Waals surface area contributed by atoms with Crippen LogP contribution in [0.2, 0.25) is 0 Å². The van der Waals surface area contributed by atoms with Crippen LogP contribution in [-0.4, -0.2) is 59.5 Å². The number of fused-ring (bicyclic) bond motifs is 2. The van der Waals surface area contributed by atoms with Crippen LogP contribution in [0.4, 0.5) is 0 Å². The summed E-state index contributed by atoms with van der Waals surface area (Å²) in [7, 11) is 1.56. The van der Waals surface area contributed by atoms with E-state index in [0.717, 1.165) is 19.3 Å². The number of aliphatic hydroxyl groups excluding tert-OH is 1. The molecule has 5 nitrogen and oxygen atoms in total. The summed E-state index contributed by atoms with van der Waals surface area (Å²) >= 11 is 0. The summed E-state index contributed by atoms with van der Waals surface area (Å²) < 4.78 is 4.89. The highest BCUT2D eigenvalue weighted by atomic mass is 16.5. The first-order valence-electron chi connectivity index (χ1n) is 5.79. The Morgan fingerprint density at radius 3 is 2.88 bits per heavy atom. The van der Waals surface area contributed by atoms with E-state index >= 15 is 0 Å². The van der Waals surface area contributed by atoms with E-state index in [-0.39, 0.29) is 12.0 Å². The van der Waals surface area contributed by atoms with Gasteiger partial charge < -0.3 is 14.9 Å². The summed E-state index contributed by atoms with van der Waals surface area (Å²) in [5, 5.41) is 18.8. The number of carboxylic acid groups (broad SMARTS) is 1. The maximum atomic E-state index is 11.0. The topological polar surface area (TPSA) is 70.0 Å². The minimum absolute atomic E-state index is 0.119. The maximum Gasteiger partial charge on any atom is 0.308 e. The van der Waals surface area contributed by atoms with E-state index < -0.39 is 12.1 Å². The molecule has 0 radical (unpaired) electrons. The van der Waals surface area contributed by atoms with Gasteiger partial charge in [0.15, 0.2) is 0 Å². The molecule has 0 aromatic heterocycles. The van der Waals surface area contributed by atoms with Gasteiger partial charge in [-0.15, -0.1) is 0 Å². The summed E-state index contributed by atoms with van der Waals surface area (Å²) in [6.45, 7) is 0.848. The SMILES string of the molecule is COCC(O)CN1C2CCC1C(C(=O)O)C2. The number of hydrogen-bond donors (Lipinski definition) is 2. The lowest BCUT2D eigenvalue weighted by Crippen LogP contribution is -2.39. The summed E-state index contributed by atoms with van der Waals surface area (Å²) in [6.07, 6.45) is 2.23. The van der Waals surface area contributed by atoms with Crippen LogP contribution in [0, 0.1) is 5.92 Å². The number of ether oxygens (including phenoxy) is 1. The molecule has 4 unspecified atom stereocenters. The fourth-order valence-electron chi connectivity index (χ4n) is 3.14. The minimum Gasteiger partial charge on any atom is -0.481 e. The molecule has 2 fully saturated rings. The fraction of sp³-hybridized carbons (Fsp3) is 0.909. The van der Waals surface area contributed by atoms with Gasteiger partial charge >= 0.3 is 5.97 Å². The zero-order chi connectivity index (χ0) is 11.7. The van der Waals surface area contributed by atoms with Gasteiger partial charge in [0.05, 0.1) is 18.6 Å². The van der Waals surface area contributed by atoms with Crippen molar-refractivity contribution in [1.29, 1.82) is 0 Å². The first-order valence-corrected chi connectivity index (χ1v) is 5.79. The molecule has 0 aromatic carbocycles. The number of hydrogen-bond acceptors (Lipinski definition) is 4. The second-order valence-corrected chi connectivity index (χ2v) is 4.78. The Balaban J connectivity index is 1.94. The highest BCUT2D eigenvalue weighted by molar-refractivity contribution is 5.71. The lowest BCUT2D eigenvalue weighted by atomic mass is 9.89. The van der Waals surface area contributed by atoms with E-state index in [9.17, 15) is 9.90 Å². The van der Waals surface area contributed by atoms with Crippen molar-refractivity contribution in [2.24, 2.45) is 5.92 Å². The Kier molecular flexibility index (Phi) is 3.47. The number of nitrogens with zero attached hydrogens (tertiary/aromatic N) is 1. The van der Waals surface area contributed by atoms with E-state index in [1.165, 1.54) is 0 Å². The van der Waals surface area contributed by atoms with Gasteiger partial charge in [-0.2, -0.15) is 0 Å². The van der Waals surface area contributed by atoms with Gasteiger partial charge in [0.2, 0.25) is 0 Å². The van der Waals surface area contributed by atoms with Crippen LogP contribution >= 0.6 is 0 Å². The molecular weight excluding hydrogens is 210 g/mol. The molecular formula is C11H19NO4. The predicted molar refractivity (Wildman–Crippen MR) is 57.1 cm³/mol. The van der Waals surface area contributed by atoms with Crippen LogP contribution in [0.15, 0.2) is 0 Å². The summed E-state index contributed by atoms with van der Waals surface area (Å²) in [4.78, 5) is 13.2. The number of carbonyl (C=O) groups is 1. The van der Waals surface area contributed by atoms with Gasteiger partial charge in [-0.1, -0.05) is 0 Å². The van der Waals surface area contributed by atoms with Gasteiger partial charge in [-0.05, 0) is 19.3 Å². The molecule has 0 spiro atoms. The first kappa shape index (κ1) is 11.8. The molecule has 5 heteroatoms. The third kappa shape index (κ3) is 2.07. The molecule has 0 amide bonds. The van der Waals surface area contributed by atoms with E-state index in [0.29, 0.717) is 19.2 Å². The van der Waals surface area contributed by atoms with E-state index in [4.69, 9.17) is 9.84 Å². The van der Waals surface area contributed by atoms with Crippen LogP contribution in [0.3, 0.4) is 0 Å². The van der Waals surface area contributed by atoms with Gasteiger partial charge in [0.25, 0.3) is 0 Å². The zero-order valence-corrected chi connectivity index (χ0v) is 9.50. The summed E-state index contributed by atoms with van der Waals surface area (Å²) in [6, 6.07) is 0.464. The molecule has 2 rings (SSSR count). The Morgan fingerprint density at radius 2 is 2.31 bits per heavy atom. The second kappa shape index (κ2) is 4.69. The molecule has 0 saturated carbocycles. The van der Waals surface area contributed by atoms with E-state index in [1.54, 1.807) is 7.11 Å². The second-order valence-electron chi connectivity index (χ2n) is 4.78. The van der Waals surface area contributed by atoms with Crippen LogP contribution in [0.5, 0.6) is 0 Å². The van der Waals surface area contributed by atoms with Crippen LogP contribution < -0.4 is 0 Å². The predicted octanol–water partition coefficient (Wildman–Crippen LogP) is -0.0688. The van der Waals surface area contributed by atoms with Crippen molar-refractivity contribution in [3.05, 3.63) is 0 Å². The molecule has 2 aliphatic rings. The summed E-state index contributed by atoms with van der Waals surface area (Å²) in [5.74, 6) is -0.938. The molecule has 2 bridgehead atoms. The van der Waals surface area contributed by atoms with Crippen LogP contribution in [0.25, 0.3) is 0 Å². The highest BCUT2D eigenvalue weighted by Crippen LogP contribution is 2.41. The maximum absolute atomic E-state index is 11.0. The van der Waals surface area contributed by atoms with E-state index in [1.807, 2.05) is 0 Å². The quantitative estimate of drug-likeness (QED) is 0.690. The van der Waals surface area contributed by atoms with Crippen LogP contribution in [0.1, 0.15) is 19.3 Å². The van der Waals surface area contributed by atoms with Gasteiger partial charge in [-0.3, -0.25) is 9.69 Å². The molecule has 4 atom stereocenters. The number of aliphatic hydroxyl groups is 1. The number of carboxylic acids is 1. The highest BCUT2D eigenvalue weighted by Gasteiger charge is 2.49. The van der Waals surface area contributed by atoms with Crippen molar-refractivity contribution in [3.8, 4) is 0 Å². The van der Waals surface area contributed by atoms with Crippen molar-refractivity contribution in [1.82, 2.24) is 4.90 Å². The molecule has 2 aliphatic heterocycles. The van der Waals surface area contributed by atoms with Crippen molar-refractivity contribution in [2.45, 2.75) is 37.5 Å². The molecule has 2 saturated heterocycles. The number of rotatable bonds is 5. The van der Waals surface area contributed by atoms with Crippen molar-refractivity contribution in [3.63, 3.8) is 0 Å². The average molecular weight is 229 g/mol. The molecule has 16 heavy (non-hydrogen) atoms. The van der Waals surface area contributed by atoms with Gasteiger partial charge in [0, 0.05) is 25.7 Å². The molecule has 0 aliphatic carbocycles. The Morgan fingerprint density at radius 1 is 1.56 bits per heavy atom. The molecule has 2 heterocycles. The Hall–Kier alpha value is -0.650. The third-order valence-corrected chi connectivity index (χ3v) is 3.78. The van der Waals surface area contributed by atoms with Crippen molar-refractivity contribution < 1.29 is 19.7 Å². The first-order chi connectivity index (χ1) is 7.63. The third-order valence-electron chi connectivity index (χ3n) is 3.78. The normalized spacial score (nSPS) is 35.5. The lowest BCUT2D eigenvalue weighted by Gasteiger charge is -2.25. The minimum atomic E-state index is -0.696. The van der Waals surface area contributed by atoms with Gasteiger partial charge in [0.1, 0.15) is 0 Å². The largest absolute Gasteiger partial charge is 0.481 e. The Labute approximate surface area is 95.0 Å². The lowest BCUT2D eigenvalue weighted by molar-refractivity contribution is -0.142. The van der Waals surface area contributed by atoms with Crippen LogP contribution in [-0.2, 0) is 9.53 Å². The smallest absolute Gasteiger partial charge is 0.308 e. The fourth-order valence-corrected chi connectivity index (χ4v) is 3.14. The molecule has 0 aromatic rings. The number of methoxy groups -OCH3 is 1. The summed E-state index contributed by atoms with van der Waals surface area (Å²) in [5.41, 5.74) is 0. The van der Waals surface area contributed by atoms with Crippen molar-refractivity contribution >= 4 is 5.97 Å². The zero-order valence-electron chi connectivity index (χ0n) is 9.50. The monoisotopic (exact) mass is 229 g/mol. The van der Waals surface area contributed by atoms with E-state index in [2.05, 4.69) is 4.90 Å². The molecule has 92 valence electrons. The Bertz CT molecular complexity index is 271. The van der Waals surface area contributed by atoms with Gasteiger partial charge in [-0.25, -0.2) is 0 Å². The standard InChI is InChI=1S/C11H19NO4/c1-16-6-8(13)5-12-7-2-3-10(12)9(4-7)11(14)15/h7-10,13H,2-6H2,1H3,(H,14,15). The molecule has 2 N–H and O–H groups in total.